The average molecular weight is 236 g/mol. The van der Waals surface area contributed by atoms with Crippen LogP contribution in [0, 0.1) is 5.92 Å². The molecule has 0 aromatic carbocycles. The van der Waals surface area contributed by atoms with Crippen molar-refractivity contribution in [1.29, 1.82) is 0 Å². The molecule has 0 aliphatic heterocycles. The predicted molar refractivity (Wildman–Crippen MR) is 71.5 cm³/mol. The van der Waals surface area contributed by atoms with Crippen LogP contribution in [0.25, 0.3) is 0 Å². The summed E-state index contributed by atoms with van der Waals surface area (Å²) in [6.07, 6.45) is 11.0. The van der Waals surface area contributed by atoms with Crippen molar-refractivity contribution in [2.24, 2.45) is 11.7 Å². The Morgan fingerprint density at radius 3 is 2.82 bits per heavy atom. The summed E-state index contributed by atoms with van der Waals surface area (Å²) < 4.78 is 0. The highest BCUT2D eigenvalue weighted by atomic mass is 16.2. The fraction of sp³-hybridized carbons (Fsp3) is 0.643. The van der Waals surface area contributed by atoms with Gasteiger partial charge in [-0.1, -0.05) is 38.2 Å². The van der Waals surface area contributed by atoms with E-state index in [9.17, 15) is 4.79 Å². The fourth-order valence-electron chi connectivity index (χ4n) is 1.96. The van der Waals surface area contributed by atoms with Crippen molar-refractivity contribution in [3.63, 3.8) is 0 Å². The second-order valence-corrected chi connectivity index (χ2v) is 4.60. The Morgan fingerprint density at radius 1 is 1.53 bits per heavy atom. The molecule has 3 nitrogen and oxygen atoms in total. The van der Waals surface area contributed by atoms with Gasteiger partial charge in [0.15, 0.2) is 0 Å². The number of rotatable bonds is 6. The molecule has 0 bridgehead atoms. The topological polar surface area (TPSA) is 46.3 Å². The second kappa shape index (κ2) is 7.28. The maximum atomic E-state index is 12.3. The molecule has 3 heteroatoms. The molecule has 1 amide bonds. The molecule has 0 aromatic rings. The van der Waals surface area contributed by atoms with E-state index in [4.69, 9.17) is 5.73 Å². The molecular weight excluding hydrogens is 212 g/mol. The van der Waals surface area contributed by atoms with Gasteiger partial charge in [0.2, 0.25) is 5.91 Å². The molecule has 0 aromatic heterocycles. The van der Waals surface area contributed by atoms with Crippen molar-refractivity contribution >= 4 is 5.91 Å². The Bertz CT molecular complexity index is 297. The van der Waals surface area contributed by atoms with E-state index >= 15 is 0 Å². The third-order valence-electron chi connectivity index (χ3n) is 3.28. The van der Waals surface area contributed by atoms with Gasteiger partial charge >= 0.3 is 0 Å². The zero-order chi connectivity index (χ0) is 12.7. The minimum atomic E-state index is 0.104. The number of hydrogen-bond donors (Lipinski definition) is 1. The first-order valence-electron chi connectivity index (χ1n) is 6.54. The van der Waals surface area contributed by atoms with Crippen molar-refractivity contribution in [2.75, 3.05) is 13.1 Å². The summed E-state index contributed by atoms with van der Waals surface area (Å²) in [6.45, 7) is 5.46. The monoisotopic (exact) mass is 236 g/mol. The van der Waals surface area contributed by atoms with Gasteiger partial charge in [0.25, 0.3) is 0 Å². The second-order valence-electron chi connectivity index (χ2n) is 4.60. The third-order valence-corrected chi connectivity index (χ3v) is 3.28. The first kappa shape index (κ1) is 14.0. The van der Waals surface area contributed by atoms with Crippen LogP contribution in [0.15, 0.2) is 24.3 Å². The molecule has 0 radical (unpaired) electrons. The van der Waals surface area contributed by atoms with Gasteiger partial charge in [-0.05, 0) is 25.8 Å². The van der Waals surface area contributed by atoms with Gasteiger partial charge in [0, 0.05) is 12.5 Å². The number of hydrogen-bond acceptors (Lipinski definition) is 2. The van der Waals surface area contributed by atoms with Crippen LogP contribution in [-0.2, 0) is 4.79 Å². The van der Waals surface area contributed by atoms with Crippen LogP contribution >= 0.6 is 0 Å². The van der Waals surface area contributed by atoms with E-state index in [0.717, 1.165) is 25.8 Å². The van der Waals surface area contributed by atoms with Crippen molar-refractivity contribution < 1.29 is 4.79 Å². The standard InChI is InChI=1S/C14H24N2O/c1-3-12(2)14(17)16(11-7-10-15)13-8-5-4-6-9-13/h4-6,8,12-13H,3,7,9-11,15H2,1-2H3. The number of nitrogens with two attached hydrogens (primary N) is 1. The van der Waals surface area contributed by atoms with Gasteiger partial charge in [-0.3, -0.25) is 4.79 Å². The quantitative estimate of drug-likeness (QED) is 0.767. The van der Waals surface area contributed by atoms with Crippen molar-refractivity contribution in [2.45, 2.75) is 39.2 Å². The Kier molecular flexibility index (Phi) is 5.98. The van der Waals surface area contributed by atoms with Crippen molar-refractivity contribution in [1.82, 2.24) is 4.90 Å². The zero-order valence-corrected chi connectivity index (χ0v) is 10.9. The Hall–Kier alpha value is -1.09. The molecule has 0 fully saturated rings. The fourth-order valence-corrected chi connectivity index (χ4v) is 1.96. The largest absolute Gasteiger partial charge is 0.336 e. The van der Waals surface area contributed by atoms with Gasteiger partial charge in [-0.25, -0.2) is 0 Å². The highest BCUT2D eigenvalue weighted by Gasteiger charge is 2.24. The maximum absolute atomic E-state index is 12.3. The highest BCUT2D eigenvalue weighted by molar-refractivity contribution is 5.79. The van der Waals surface area contributed by atoms with E-state index in [-0.39, 0.29) is 17.9 Å². The smallest absolute Gasteiger partial charge is 0.225 e. The zero-order valence-electron chi connectivity index (χ0n) is 10.9. The van der Waals surface area contributed by atoms with Crippen LogP contribution in [0.1, 0.15) is 33.1 Å². The molecule has 2 N–H and O–H groups in total. The van der Waals surface area contributed by atoms with E-state index in [2.05, 4.69) is 19.1 Å². The summed E-state index contributed by atoms with van der Waals surface area (Å²) in [6, 6.07) is 0.216. The van der Waals surface area contributed by atoms with Crippen LogP contribution in [-0.4, -0.2) is 29.9 Å². The molecule has 96 valence electrons. The lowest BCUT2D eigenvalue weighted by atomic mass is 10.0. The summed E-state index contributed by atoms with van der Waals surface area (Å²) in [5, 5.41) is 0. The summed E-state index contributed by atoms with van der Waals surface area (Å²) in [5.41, 5.74) is 5.55. The lowest BCUT2D eigenvalue weighted by Crippen LogP contribution is -2.43. The Morgan fingerprint density at radius 2 is 2.29 bits per heavy atom. The molecule has 0 saturated carbocycles. The minimum Gasteiger partial charge on any atom is -0.336 e. The average Bonchev–Trinajstić information content (AvgIpc) is 2.39. The summed E-state index contributed by atoms with van der Waals surface area (Å²) in [5.74, 6) is 0.359. The number of carbonyl (C=O) groups is 1. The van der Waals surface area contributed by atoms with E-state index in [0.29, 0.717) is 6.54 Å². The molecule has 0 spiro atoms. The van der Waals surface area contributed by atoms with Gasteiger partial charge in [0.1, 0.15) is 0 Å². The van der Waals surface area contributed by atoms with Crippen LogP contribution < -0.4 is 5.73 Å². The normalized spacial score (nSPS) is 20.3. The molecule has 2 unspecified atom stereocenters. The third kappa shape index (κ3) is 4.00. The number of carbonyl (C=O) groups excluding carboxylic acids is 1. The Balaban J connectivity index is 2.68. The molecule has 2 atom stereocenters. The highest BCUT2D eigenvalue weighted by Crippen LogP contribution is 2.16. The Labute approximate surface area is 104 Å². The first-order chi connectivity index (χ1) is 8.20. The van der Waals surface area contributed by atoms with E-state index in [1.807, 2.05) is 24.0 Å². The van der Waals surface area contributed by atoms with Crippen molar-refractivity contribution in [3.8, 4) is 0 Å². The molecule has 0 saturated heterocycles. The number of amides is 1. The molecule has 17 heavy (non-hydrogen) atoms. The van der Waals surface area contributed by atoms with Gasteiger partial charge < -0.3 is 10.6 Å². The van der Waals surface area contributed by atoms with Crippen LogP contribution in [0.2, 0.25) is 0 Å². The molecule has 0 heterocycles. The van der Waals surface area contributed by atoms with Gasteiger partial charge in [-0.15, -0.1) is 0 Å². The van der Waals surface area contributed by atoms with E-state index < -0.39 is 0 Å². The van der Waals surface area contributed by atoms with E-state index in [1.165, 1.54) is 0 Å². The summed E-state index contributed by atoms with van der Waals surface area (Å²) >= 11 is 0. The lowest BCUT2D eigenvalue weighted by molar-refractivity contribution is -0.136. The van der Waals surface area contributed by atoms with Crippen LogP contribution in [0.5, 0.6) is 0 Å². The lowest BCUT2D eigenvalue weighted by Gasteiger charge is -2.32. The molecule has 1 rings (SSSR count). The minimum absolute atomic E-state index is 0.104. The van der Waals surface area contributed by atoms with Gasteiger partial charge in [0.05, 0.1) is 6.04 Å². The molecule has 1 aliphatic carbocycles. The van der Waals surface area contributed by atoms with Crippen LogP contribution in [0.4, 0.5) is 0 Å². The molecular formula is C14H24N2O. The predicted octanol–water partition coefficient (Wildman–Crippen LogP) is 2.09. The maximum Gasteiger partial charge on any atom is 0.225 e. The van der Waals surface area contributed by atoms with E-state index in [1.54, 1.807) is 0 Å². The number of nitrogens with zero attached hydrogens (tertiary/aromatic N) is 1. The summed E-state index contributed by atoms with van der Waals surface area (Å²) in [7, 11) is 0. The first-order valence-corrected chi connectivity index (χ1v) is 6.54. The SMILES string of the molecule is CCC(C)C(=O)N(CCCN)C1C=CC=CC1. The van der Waals surface area contributed by atoms with Crippen LogP contribution in [0.3, 0.4) is 0 Å². The summed E-state index contributed by atoms with van der Waals surface area (Å²) in [4.78, 5) is 14.3. The molecule has 1 aliphatic rings. The van der Waals surface area contributed by atoms with Crippen molar-refractivity contribution in [3.05, 3.63) is 24.3 Å². The number of allylic oxidation sites excluding steroid dienone is 2. The van der Waals surface area contributed by atoms with Gasteiger partial charge in [-0.2, -0.15) is 0 Å².